The Morgan fingerprint density at radius 2 is 1.92 bits per heavy atom. The zero-order valence-corrected chi connectivity index (χ0v) is 14.8. The van der Waals surface area contributed by atoms with E-state index < -0.39 is 0 Å². The average molecular weight is 353 g/mol. The predicted octanol–water partition coefficient (Wildman–Crippen LogP) is 2.88. The molecule has 0 bridgehead atoms. The number of fused-ring (bicyclic) bond motifs is 1. The van der Waals surface area contributed by atoms with E-state index in [0.717, 1.165) is 49.5 Å². The largest absolute Gasteiger partial charge is 0.486 e. The third-order valence-corrected chi connectivity index (χ3v) is 4.84. The van der Waals surface area contributed by atoms with E-state index >= 15 is 0 Å². The average Bonchev–Trinajstić information content (AvgIpc) is 2.72. The van der Waals surface area contributed by atoms with Crippen LogP contribution in [0.2, 0.25) is 0 Å². The first kappa shape index (κ1) is 16.8. The Labute approximate surface area is 153 Å². The van der Waals surface area contributed by atoms with E-state index in [1.807, 2.05) is 29.2 Å². The Kier molecular flexibility index (Phi) is 5.00. The molecule has 3 heterocycles. The van der Waals surface area contributed by atoms with Gasteiger partial charge in [0.1, 0.15) is 18.4 Å². The van der Waals surface area contributed by atoms with Crippen LogP contribution in [0.25, 0.3) is 0 Å². The van der Waals surface area contributed by atoms with Crippen LogP contribution in [0.1, 0.15) is 41.9 Å². The van der Waals surface area contributed by atoms with Crippen LogP contribution in [-0.2, 0) is 6.42 Å². The van der Waals surface area contributed by atoms with Crippen molar-refractivity contribution in [1.82, 2.24) is 14.9 Å². The molecule has 1 amide bonds. The van der Waals surface area contributed by atoms with Gasteiger partial charge in [-0.25, -0.2) is 4.98 Å². The van der Waals surface area contributed by atoms with Crippen molar-refractivity contribution in [2.45, 2.75) is 38.2 Å². The van der Waals surface area contributed by atoms with Gasteiger partial charge in [0.05, 0.1) is 11.9 Å². The van der Waals surface area contributed by atoms with Crippen LogP contribution in [0.3, 0.4) is 0 Å². The molecule has 0 radical (unpaired) electrons. The molecular weight excluding hydrogens is 330 g/mol. The van der Waals surface area contributed by atoms with Crippen molar-refractivity contribution in [3.8, 4) is 11.5 Å². The van der Waals surface area contributed by atoms with Crippen LogP contribution >= 0.6 is 0 Å². The van der Waals surface area contributed by atoms with Crippen LogP contribution < -0.4 is 9.47 Å². The molecule has 6 heteroatoms. The molecular formula is C20H23N3O3. The highest BCUT2D eigenvalue weighted by molar-refractivity contribution is 5.92. The molecule has 4 rings (SSSR count). The molecule has 0 unspecified atom stereocenters. The molecule has 1 saturated heterocycles. The normalized spacial score (nSPS) is 19.2. The number of carbonyl (C=O) groups is 1. The number of aryl methyl sites for hydroxylation is 1. The lowest BCUT2D eigenvalue weighted by Gasteiger charge is -2.27. The van der Waals surface area contributed by atoms with E-state index in [2.05, 4.69) is 9.97 Å². The van der Waals surface area contributed by atoms with Crippen molar-refractivity contribution in [3.63, 3.8) is 0 Å². The van der Waals surface area contributed by atoms with Crippen molar-refractivity contribution in [2.75, 3.05) is 19.7 Å². The zero-order chi connectivity index (χ0) is 17.8. The van der Waals surface area contributed by atoms with Gasteiger partial charge in [0, 0.05) is 19.3 Å². The smallest absolute Gasteiger partial charge is 0.274 e. The summed E-state index contributed by atoms with van der Waals surface area (Å²) in [6.45, 7) is 2.16. The molecule has 136 valence electrons. The predicted molar refractivity (Wildman–Crippen MR) is 96.5 cm³/mol. The standard InChI is InChI=1S/C20H23N3O3/c24-20(23-10-4-1-5-11-23)17-13-21-12-15(22-17)8-9-16-14-25-18-6-2-3-7-19(18)26-16/h2-3,6-7,12-13,16H,1,4-5,8-11,14H2/t16-/m0/s1. The Hall–Kier alpha value is -2.63. The van der Waals surface area contributed by atoms with Crippen molar-refractivity contribution in [2.24, 2.45) is 0 Å². The molecule has 0 N–H and O–H groups in total. The SMILES string of the molecule is O=C(c1cncc(CC[C@H]2COc3ccccc3O2)n1)N1CCCCC1. The minimum Gasteiger partial charge on any atom is -0.486 e. The molecule has 1 aromatic carbocycles. The van der Waals surface area contributed by atoms with Gasteiger partial charge in [-0.2, -0.15) is 0 Å². The number of rotatable bonds is 4. The molecule has 0 aliphatic carbocycles. The van der Waals surface area contributed by atoms with Gasteiger partial charge in [0.15, 0.2) is 11.5 Å². The van der Waals surface area contributed by atoms with Gasteiger partial charge in [0.25, 0.3) is 5.91 Å². The highest BCUT2D eigenvalue weighted by Gasteiger charge is 2.22. The second-order valence-electron chi connectivity index (χ2n) is 6.78. The number of piperidine rings is 1. The number of benzene rings is 1. The summed E-state index contributed by atoms with van der Waals surface area (Å²) in [7, 11) is 0. The Balaban J connectivity index is 1.36. The van der Waals surface area contributed by atoms with Gasteiger partial charge in [-0.15, -0.1) is 0 Å². The summed E-state index contributed by atoms with van der Waals surface area (Å²) < 4.78 is 11.7. The number of carbonyl (C=O) groups excluding carboxylic acids is 1. The number of nitrogens with zero attached hydrogens (tertiary/aromatic N) is 3. The van der Waals surface area contributed by atoms with Gasteiger partial charge < -0.3 is 14.4 Å². The molecule has 1 atom stereocenters. The van der Waals surface area contributed by atoms with Crippen LogP contribution in [-0.4, -0.2) is 46.6 Å². The van der Waals surface area contributed by atoms with E-state index in [1.165, 1.54) is 6.42 Å². The summed E-state index contributed by atoms with van der Waals surface area (Å²) in [6.07, 6.45) is 8.07. The van der Waals surface area contributed by atoms with E-state index in [1.54, 1.807) is 12.4 Å². The number of aromatic nitrogens is 2. The van der Waals surface area contributed by atoms with Crippen molar-refractivity contribution in [3.05, 3.63) is 48.0 Å². The van der Waals surface area contributed by atoms with Crippen LogP contribution in [0.15, 0.2) is 36.7 Å². The number of hydrogen-bond donors (Lipinski definition) is 0. The second-order valence-corrected chi connectivity index (χ2v) is 6.78. The summed E-state index contributed by atoms with van der Waals surface area (Å²) in [4.78, 5) is 23.2. The number of ether oxygens (including phenoxy) is 2. The fraction of sp³-hybridized carbons (Fsp3) is 0.450. The van der Waals surface area contributed by atoms with Crippen molar-refractivity contribution < 1.29 is 14.3 Å². The van der Waals surface area contributed by atoms with Crippen LogP contribution in [0, 0.1) is 0 Å². The first-order valence-corrected chi connectivity index (χ1v) is 9.28. The van der Waals surface area contributed by atoms with E-state index in [-0.39, 0.29) is 12.0 Å². The molecule has 0 saturated carbocycles. The summed E-state index contributed by atoms with van der Waals surface area (Å²) in [6, 6.07) is 7.70. The first-order valence-electron chi connectivity index (χ1n) is 9.28. The van der Waals surface area contributed by atoms with Gasteiger partial charge in [-0.05, 0) is 44.2 Å². The highest BCUT2D eigenvalue weighted by Crippen LogP contribution is 2.31. The van der Waals surface area contributed by atoms with Crippen molar-refractivity contribution in [1.29, 1.82) is 0 Å². The third-order valence-electron chi connectivity index (χ3n) is 4.84. The molecule has 2 aromatic rings. The van der Waals surface area contributed by atoms with Gasteiger partial charge in [0.2, 0.25) is 0 Å². The summed E-state index contributed by atoms with van der Waals surface area (Å²) >= 11 is 0. The summed E-state index contributed by atoms with van der Waals surface area (Å²) in [5.41, 5.74) is 1.26. The Morgan fingerprint density at radius 1 is 1.12 bits per heavy atom. The minimum atomic E-state index is -0.0202. The lowest BCUT2D eigenvalue weighted by atomic mass is 10.1. The van der Waals surface area contributed by atoms with E-state index in [4.69, 9.17) is 9.47 Å². The third kappa shape index (κ3) is 3.79. The van der Waals surface area contributed by atoms with Gasteiger partial charge >= 0.3 is 0 Å². The molecule has 1 aromatic heterocycles. The summed E-state index contributed by atoms with van der Waals surface area (Å²) in [5, 5.41) is 0. The van der Waals surface area contributed by atoms with E-state index in [0.29, 0.717) is 18.7 Å². The van der Waals surface area contributed by atoms with Crippen molar-refractivity contribution >= 4 is 5.91 Å². The number of likely N-dealkylation sites (tertiary alicyclic amines) is 1. The number of hydrogen-bond acceptors (Lipinski definition) is 5. The maximum atomic E-state index is 12.6. The monoisotopic (exact) mass is 353 g/mol. The molecule has 2 aliphatic rings. The number of para-hydroxylation sites is 2. The summed E-state index contributed by atoms with van der Waals surface area (Å²) in [5.74, 6) is 1.56. The number of amides is 1. The van der Waals surface area contributed by atoms with E-state index in [9.17, 15) is 4.79 Å². The highest BCUT2D eigenvalue weighted by atomic mass is 16.6. The lowest BCUT2D eigenvalue weighted by molar-refractivity contribution is 0.0717. The topological polar surface area (TPSA) is 64.5 Å². The molecule has 6 nitrogen and oxygen atoms in total. The van der Waals surface area contributed by atoms with Crippen LogP contribution in [0.5, 0.6) is 11.5 Å². The molecule has 2 aliphatic heterocycles. The lowest BCUT2D eigenvalue weighted by Crippen LogP contribution is -2.36. The quantitative estimate of drug-likeness (QED) is 0.846. The fourth-order valence-electron chi connectivity index (χ4n) is 3.40. The fourth-order valence-corrected chi connectivity index (χ4v) is 3.40. The molecule has 0 spiro atoms. The Bertz CT molecular complexity index is 774. The Morgan fingerprint density at radius 3 is 2.77 bits per heavy atom. The maximum absolute atomic E-state index is 12.6. The maximum Gasteiger partial charge on any atom is 0.274 e. The minimum absolute atomic E-state index is 0.00905. The van der Waals surface area contributed by atoms with Gasteiger partial charge in [-0.1, -0.05) is 12.1 Å². The van der Waals surface area contributed by atoms with Crippen LogP contribution in [0.4, 0.5) is 0 Å². The molecule has 26 heavy (non-hydrogen) atoms. The second kappa shape index (κ2) is 7.72. The molecule has 1 fully saturated rings. The first-order chi connectivity index (χ1) is 12.8. The zero-order valence-electron chi connectivity index (χ0n) is 14.8. The van der Waals surface area contributed by atoms with Gasteiger partial charge in [-0.3, -0.25) is 9.78 Å².